The van der Waals surface area contributed by atoms with Crippen molar-refractivity contribution in [3.63, 3.8) is 0 Å². The van der Waals surface area contributed by atoms with Gasteiger partial charge in [-0.25, -0.2) is 0 Å². The van der Waals surface area contributed by atoms with Crippen LogP contribution in [-0.4, -0.2) is 76.8 Å². The number of ether oxygens (including phenoxy) is 3. The number of nitrogens with one attached hydrogen (secondary N) is 2. The van der Waals surface area contributed by atoms with Gasteiger partial charge in [-0.3, -0.25) is 14.5 Å². The molecular formula is C30H38N4O5S. The number of hydrogen-bond acceptors (Lipinski definition) is 8. The summed E-state index contributed by atoms with van der Waals surface area (Å²) in [7, 11) is 4.84. The lowest BCUT2D eigenvalue weighted by Crippen LogP contribution is -2.53. The van der Waals surface area contributed by atoms with Crippen molar-refractivity contribution in [2.75, 3.05) is 59.0 Å². The normalized spacial score (nSPS) is 15.2. The molecule has 2 atom stereocenters. The first-order valence-electron chi connectivity index (χ1n) is 13.4. The highest BCUT2D eigenvalue weighted by Crippen LogP contribution is 2.31. The van der Waals surface area contributed by atoms with Gasteiger partial charge in [-0.15, -0.1) is 11.3 Å². The van der Waals surface area contributed by atoms with Crippen LogP contribution >= 0.6 is 11.3 Å². The van der Waals surface area contributed by atoms with Crippen molar-refractivity contribution in [2.24, 2.45) is 0 Å². The van der Waals surface area contributed by atoms with Crippen LogP contribution in [0.5, 0.6) is 17.2 Å². The minimum Gasteiger partial charge on any atom is -0.497 e. The molecule has 2 amide bonds. The summed E-state index contributed by atoms with van der Waals surface area (Å²) in [4.78, 5) is 31.4. The highest BCUT2D eigenvalue weighted by atomic mass is 32.1. The Morgan fingerprint density at radius 1 is 0.900 bits per heavy atom. The fourth-order valence-electron chi connectivity index (χ4n) is 5.04. The van der Waals surface area contributed by atoms with E-state index < -0.39 is 11.8 Å². The zero-order chi connectivity index (χ0) is 28.5. The molecule has 0 saturated carbocycles. The predicted octanol–water partition coefficient (Wildman–Crippen LogP) is 3.50. The van der Waals surface area contributed by atoms with E-state index in [1.54, 1.807) is 32.7 Å². The van der Waals surface area contributed by atoms with Crippen molar-refractivity contribution in [1.82, 2.24) is 15.5 Å². The van der Waals surface area contributed by atoms with E-state index in [2.05, 4.69) is 38.6 Å². The van der Waals surface area contributed by atoms with Crippen LogP contribution in [0, 0.1) is 0 Å². The summed E-state index contributed by atoms with van der Waals surface area (Å²) in [5.74, 6) is 0.850. The van der Waals surface area contributed by atoms with E-state index in [9.17, 15) is 9.59 Å². The van der Waals surface area contributed by atoms with Gasteiger partial charge in [0, 0.05) is 49.3 Å². The summed E-state index contributed by atoms with van der Waals surface area (Å²) in [6.45, 7) is 5.71. The third kappa shape index (κ3) is 7.25. The van der Waals surface area contributed by atoms with Gasteiger partial charge in [0.05, 0.1) is 27.4 Å². The Morgan fingerprint density at radius 3 is 2.25 bits per heavy atom. The highest BCUT2D eigenvalue weighted by Gasteiger charge is 2.32. The highest BCUT2D eigenvalue weighted by molar-refractivity contribution is 7.10. The topological polar surface area (TPSA) is 92.4 Å². The van der Waals surface area contributed by atoms with Gasteiger partial charge in [-0.05, 0) is 66.8 Å². The molecule has 0 radical (unpaired) electrons. The van der Waals surface area contributed by atoms with Gasteiger partial charge in [0.1, 0.15) is 5.75 Å². The summed E-state index contributed by atoms with van der Waals surface area (Å²) >= 11 is 1.67. The molecule has 1 aliphatic heterocycles. The lowest BCUT2D eigenvalue weighted by molar-refractivity contribution is -0.139. The van der Waals surface area contributed by atoms with Crippen LogP contribution in [0.4, 0.5) is 5.69 Å². The van der Waals surface area contributed by atoms with Crippen molar-refractivity contribution in [3.8, 4) is 17.2 Å². The van der Waals surface area contributed by atoms with Crippen LogP contribution in [0.3, 0.4) is 0 Å². The van der Waals surface area contributed by atoms with Crippen molar-refractivity contribution >= 4 is 28.8 Å². The van der Waals surface area contributed by atoms with Gasteiger partial charge in [0.15, 0.2) is 11.5 Å². The summed E-state index contributed by atoms with van der Waals surface area (Å²) < 4.78 is 15.9. The van der Waals surface area contributed by atoms with Crippen LogP contribution < -0.4 is 29.7 Å². The summed E-state index contributed by atoms with van der Waals surface area (Å²) in [6.07, 6.45) is 0.561. The fourth-order valence-corrected chi connectivity index (χ4v) is 6.01. The van der Waals surface area contributed by atoms with Crippen LogP contribution in [0.25, 0.3) is 0 Å². The molecule has 1 aromatic heterocycles. The SMILES string of the molecule is COc1ccc(N2CCN([C@H](c3cccs3)[C@H](C)NC(=O)C(=O)NCCc3ccc(OC)c(OC)c3)CC2)cc1. The van der Waals surface area contributed by atoms with E-state index in [-0.39, 0.29) is 12.1 Å². The molecule has 1 fully saturated rings. The average molecular weight is 567 g/mol. The average Bonchev–Trinajstić information content (AvgIpc) is 3.52. The monoisotopic (exact) mass is 566 g/mol. The second-order valence-corrected chi connectivity index (χ2v) is 10.6. The Balaban J connectivity index is 1.31. The number of nitrogens with zero attached hydrogens (tertiary/aromatic N) is 2. The molecule has 1 aliphatic rings. The fraction of sp³-hybridized carbons (Fsp3) is 0.400. The molecule has 4 rings (SSSR count). The quantitative estimate of drug-likeness (QED) is 0.343. The van der Waals surface area contributed by atoms with Crippen molar-refractivity contribution in [1.29, 1.82) is 0 Å². The van der Waals surface area contributed by atoms with Crippen LogP contribution in [0.15, 0.2) is 60.0 Å². The molecule has 214 valence electrons. The molecule has 0 unspecified atom stereocenters. The molecular weight excluding hydrogens is 528 g/mol. The summed E-state index contributed by atoms with van der Waals surface area (Å²) in [5, 5.41) is 7.74. The number of anilines is 1. The molecule has 40 heavy (non-hydrogen) atoms. The molecule has 9 nitrogen and oxygen atoms in total. The van der Waals surface area contributed by atoms with Crippen LogP contribution in [0.1, 0.15) is 23.4 Å². The first-order chi connectivity index (χ1) is 19.4. The Hall–Kier alpha value is -3.76. The number of amides is 2. The van der Waals surface area contributed by atoms with Crippen molar-refractivity contribution in [3.05, 3.63) is 70.4 Å². The number of carbonyl (C=O) groups excluding carboxylic acids is 2. The Morgan fingerprint density at radius 2 is 1.62 bits per heavy atom. The van der Waals surface area contributed by atoms with E-state index in [1.807, 2.05) is 48.7 Å². The van der Waals surface area contributed by atoms with Gasteiger partial charge in [0.25, 0.3) is 0 Å². The zero-order valence-corrected chi connectivity index (χ0v) is 24.3. The van der Waals surface area contributed by atoms with Crippen LogP contribution in [-0.2, 0) is 16.0 Å². The van der Waals surface area contributed by atoms with E-state index in [4.69, 9.17) is 14.2 Å². The first-order valence-corrected chi connectivity index (χ1v) is 14.3. The molecule has 2 N–H and O–H groups in total. The third-order valence-electron chi connectivity index (χ3n) is 7.17. The van der Waals surface area contributed by atoms with Gasteiger partial charge in [0.2, 0.25) is 0 Å². The lowest BCUT2D eigenvalue weighted by Gasteiger charge is -2.42. The molecule has 10 heteroatoms. The number of carbonyl (C=O) groups is 2. The number of piperazine rings is 1. The lowest BCUT2D eigenvalue weighted by atomic mass is 10.0. The minimum absolute atomic E-state index is 0.0264. The van der Waals surface area contributed by atoms with Gasteiger partial charge >= 0.3 is 11.8 Å². The van der Waals surface area contributed by atoms with Crippen molar-refractivity contribution < 1.29 is 23.8 Å². The van der Waals surface area contributed by atoms with Crippen molar-refractivity contribution in [2.45, 2.75) is 25.4 Å². The number of hydrogen-bond donors (Lipinski definition) is 2. The molecule has 0 bridgehead atoms. The molecule has 1 saturated heterocycles. The van der Waals surface area contributed by atoms with E-state index in [0.717, 1.165) is 37.5 Å². The molecule has 0 spiro atoms. The second kappa shape index (κ2) is 14.0. The third-order valence-corrected chi connectivity index (χ3v) is 8.11. The molecule has 0 aliphatic carbocycles. The zero-order valence-electron chi connectivity index (χ0n) is 23.5. The number of rotatable bonds is 11. The largest absolute Gasteiger partial charge is 0.497 e. The summed E-state index contributed by atoms with van der Waals surface area (Å²) in [5.41, 5.74) is 2.14. The van der Waals surface area contributed by atoms with Gasteiger partial charge in [-0.1, -0.05) is 12.1 Å². The predicted molar refractivity (Wildman–Crippen MR) is 158 cm³/mol. The first kappa shape index (κ1) is 29.2. The Labute approximate surface area is 240 Å². The van der Waals surface area contributed by atoms with E-state index in [0.29, 0.717) is 24.5 Å². The molecule has 2 aromatic carbocycles. The number of benzene rings is 2. The number of methoxy groups -OCH3 is 3. The van der Waals surface area contributed by atoms with Gasteiger partial charge in [-0.2, -0.15) is 0 Å². The maximum atomic E-state index is 12.8. The maximum Gasteiger partial charge on any atom is 0.309 e. The van der Waals surface area contributed by atoms with E-state index in [1.165, 1.54) is 10.6 Å². The standard InChI is InChI=1S/C30H38N4O5S/c1-21(32-30(36)29(35)31-14-13-22-7-12-25(38-3)26(20-22)39-4)28(27-6-5-19-40-27)34-17-15-33(16-18-34)23-8-10-24(37-2)11-9-23/h5-12,19-21,28H,13-18H2,1-4H3,(H,31,35)(H,32,36)/t21-,28-/m0/s1. The number of thiophene rings is 1. The minimum atomic E-state index is -0.637. The maximum absolute atomic E-state index is 12.8. The summed E-state index contributed by atoms with van der Waals surface area (Å²) in [6, 6.07) is 17.6. The van der Waals surface area contributed by atoms with E-state index >= 15 is 0 Å². The smallest absolute Gasteiger partial charge is 0.309 e. The molecule has 2 heterocycles. The van der Waals surface area contributed by atoms with Gasteiger partial charge < -0.3 is 29.7 Å². The Bertz CT molecular complexity index is 1240. The second-order valence-electron chi connectivity index (χ2n) is 9.64. The van der Waals surface area contributed by atoms with Crippen LogP contribution in [0.2, 0.25) is 0 Å². The molecule has 3 aromatic rings. The Kier molecular flexibility index (Phi) is 10.3.